The van der Waals surface area contributed by atoms with Gasteiger partial charge in [-0.25, -0.2) is 0 Å². The lowest BCUT2D eigenvalue weighted by atomic mass is 9.78. The summed E-state index contributed by atoms with van der Waals surface area (Å²) in [7, 11) is 0. The molecular weight excluding hydrogens is 238 g/mol. The van der Waals surface area contributed by atoms with Gasteiger partial charge in [-0.2, -0.15) is 0 Å². The van der Waals surface area contributed by atoms with Crippen LogP contribution in [-0.4, -0.2) is 12.6 Å². The highest BCUT2D eigenvalue weighted by Crippen LogP contribution is 2.44. The summed E-state index contributed by atoms with van der Waals surface area (Å²) in [5.74, 6) is 0. The minimum atomic E-state index is 0.672. The molecule has 2 aliphatic carbocycles. The lowest BCUT2D eigenvalue weighted by Gasteiger charge is -2.29. The second-order valence-corrected chi connectivity index (χ2v) is 7.30. The van der Waals surface area contributed by atoms with Crippen LogP contribution >= 0.6 is 11.3 Å². The van der Waals surface area contributed by atoms with E-state index in [1.54, 1.807) is 4.88 Å². The van der Waals surface area contributed by atoms with Crippen LogP contribution in [0, 0.1) is 5.41 Å². The Balaban J connectivity index is 1.49. The maximum atomic E-state index is 3.70. The molecule has 18 heavy (non-hydrogen) atoms. The number of aryl methyl sites for hydroxylation is 1. The minimum Gasteiger partial charge on any atom is -0.314 e. The highest BCUT2D eigenvalue weighted by Gasteiger charge is 2.33. The van der Waals surface area contributed by atoms with E-state index in [1.807, 2.05) is 11.3 Å². The average Bonchev–Trinajstić information content (AvgIpc) is 2.90. The first-order chi connectivity index (χ1) is 8.86. The fourth-order valence-electron chi connectivity index (χ4n) is 3.42. The third kappa shape index (κ3) is 3.36. The molecule has 0 radical (unpaired) electrons. The topological polar surface area (TPSA) is 12.0 Å². The monoisotopic (exact) mass is 263 g/mol. The molecule has 1 heterocycles. The number of thiophene rings is 1. The van der Waals surface area contributed by atoms with Gasteiger partial charge in [0, 0.05) is 10.9 Å². The van der Waals surface area contributed by atoms with Gasteiger partial charge in [0.1, 0.15) is 0 Å². The fraction of sp³-hybridized carbons (Fsp3) is 0.750. The molecule has 0 aliphatic heterocycles. The second kappa shape index (κ2) is 5.75. The van der Waals surface area contributed by atoms with Gasteiger partial charge in [0.25, 0.3) is 0 Å². The molecule has 0 unspecified atom stereocenters. The van der Waals surface area contributed by atoms with Gasteiger partial charge in [-0.3, -0.25) is 0 Å². The number of rotatable bonds is 7. The van der Waals surface area contributed by atoms with Crippen LogP contribution in [0.1, 0.15) is 56.2 Å². The van der Waals surface area contributed by atoms with Crippen molar-refractivity contribution in [2.45, 2.75) is 63.8 Å². The summed E-state index contributed by atoms with van der Waals surface area (Å²) in [6.45, 7) is 1.26. The number of nitrogens with one attached hydrogen (secondary N) is 1. The van der Waals surface area contributed by atoms with Crippen molar-refractivity contribution < 1.29 is 0 Å². The van der Waals surface area contributed by atoms with Crippen LogP contribution in [0.4, 0.5) is 0 Å². The summed E-state index contributed by atoms with van der Waals surface area (Å²) < 4.78 is 0. The third-order valence-electron chi connectivity index (χ3n) is 4.81. The maximum Gasteiger partial charge on any atom is 0.00682 e. The highest BCUT2D eigenvalue weighted by molar-refractivity contribution is 7.09. The minimum absolute atomic E-state index is 0.672. The predicted molar refractivity (Wildman–Crippen MR) is 79.2 cm³/mol. The van der Waals surface area contributed by atoms with E-state index >= 15 is 0 Å². The zero-order chi connectivity index (χ0) is 12.3. The predicted octanol–water partition coefficient (Wildman–Crippen LogP) is 4.38. The van der Waals surface area contributed by atoms with Crippen molar-refractivity contribution in [3.8, 4) is 0 Å². The molecule has 3 rings (SSSR count). The summed E-state index contributed by atoms with van der Waals surface area (Å²) in [6.07, 6.45) is 12.9. The maximum absolute atomic E-state index is 3.70. The van der Waals surface area contributed by atoms with Gasteiger partial charge in [0.15, 0.2) is 0 Å². The zero-order valence-corrected chi connectivity index (χ0v) is 12.1. The molecule has 2 aliphatic rings. The molecule has 1 nitrogen and oxygen atoms in total. The Labute approximate surface area is 115 Å². The van der Waals surface area contributed by atoms with Gasteiger partial charge < -0.3 is 5.32 Å². The summed E-state index contributed by atoms with van der Waals surface area (Å²) in [4.78, 5) is 1.58. The van der Waals surface area contributed by atoms with Gasteiger partial charge in [-0.05, 0) is 68.4 Å². The smallest absolute Gasteiger partial charge is 0.00682 e. The molecule has 2 saturated carbocycles. The second-order valence-electron chi connectivity index (χ2n) is 6.26. The molecule has 0 aromatic carbocycles. The van der Waals surface area contributed by atoms with Crippen molar-refractivity contribution in [3.63, 3.8) is 0 Å². The first kappa shape index (κ1) is 12.7. The Morgan fingerprint density at radius 3 is 2.72 bits per heavy atom. The summed E-state index contributed by atoms with van der Waals surface area (Å²) in [5, 5.41) is 5.92. The SMILES string of the molecule is c1csc(CCC2(CCNC3CC3)CCCC2)c1. The lowest BCUT2D eigenvalue weighted by Crippen LogP contribution is -2.26. The number of hydrogen-bond donors (Lipinski definition) is 1. The van der Waals surface area contributed by atoms with Gasteiger partial charge in [0.2, 0.25) is 0 Å². The van der Waals surface area contributed by atoms with Crippen molar-refractivity contribution in [2.24, 2.45) is 5.41 Å². The quantitative estimate of drug-likeness (QED) is 0.769. The van der Waals surface area contributed by atoms with Crippen molar-refractivity contribution in [1.29, 1.82) is 0 Å². The first-order valence-corrected chi connectivity index (χ1v) is 8.50. The fourth-order valence-corrected chi connectivity index (χ4v) is 4.13. The molecule has 1 aromatic rings. The third-order valence-corrected chi connectivity index (χ3v) is 5.75. The van der Waals surface area contributed by atoms with Crippen molar-refractivity contribution in [2.75, 3.05) is 6.54 Å². The van der Waals surface area contributed by atoms with Crippen LogP contribution < -0.4 is 5.32 Å². The summed E-state index contributed by atoms with van der Waals surface area (Å²) in [6, 6.07) is 5.37. The van der Waals surface area contributed by atoms with Crippen LogP contribution in [0.15, 0.2) is 17.5 Å². The van der Waals surface area contributed by atoms with E-state index in [2.05, 4.69) is 22.8 Å². The van der Waals surface area contributed by atoms with E-state index < -0.39 is 0 Å². The van der Waals surface area contributed by atoms with Gasteiger partial charge in [-0.1, -0.05) is 18.9 Å². The Morgan fingerprint density at radius 1 is 1.22 bits per heavy atom. The van der Waals surface area contributed by atoms with E-state index in [0.29, 0.717) is 5.41 Å². The largest absolute Gasteiger partial charge is 0.314 e. The molecule has 2 fully saturated rings. The van der Waals surface area contributed by atoms with Gasteiger partial charge in [0.05, 0.1) is 0 Å². The first-order valence-electron chi connectivity index (χ1n) is 7.62. The molecular formula is C16H25NS. The average molecular weight is 263 g/mol. The molecule has 0 atom stereocenters. The highest BCUT2D eigenvalue weighted by atomic mass is 32.1. The molecule has 2 heteroatoms. The summed E-state index contributed by atoms with van der Waals surface area (Å²) >= 11 is 1.93. The Hall–Kier alpha value is -0.340. The van der Waals surface area contributed by atoms with E-state index in [9.17, 15) is 0 Å². The van der Waals surface area contributed by atoms with Crippen molar-refractivity contribution >= 4 is 11.3 Å². The van der Waals surface area contributed by atoms with E-state index in [4.69, 9.17) is 0 Å². The Morgan fingerprint density at radius 2 is 2.06 bits per heavy atom. The van der Waals surface area contributed by atoms with Gasteiger partial charge >= 0.3 is 0 Å². The van der Waals surface area contributed by atoms with Crippen LogP contribution in [0.25, 0.3) is 0 Å². The lowest BCUT2D eigenvalue weighted by molar-refractivity contribution is 0.245. The van der Waals surface area contributed by atoms with E-state index in [0.717, 1.165) is 6.04 Å². The molecule has 1 N–H and O–H groups in total. The summed E-state index contributed by atoms with van der Waals surface area (Å²) in [5.41, 5.74) is 0.672. The van der Waals surface area contributed by atoms with Crippen molar-refractivity contribution in [3.05, 3.63) is 22.4 Å². The van der Waals surface area contributed by atoms with Crippen LogP contribution in [0.3, 0.4) is 0 Å². The van der Waals surface area contributed by atoms with Crippen LogP contribution in [0.2, 0.25) is 0 Å². The molecule has 0 bridgehead atoms. The molecule has 100 valence electrons. The normalized spacial score (nSPS) is 22.4. The molecule has 0 spiro atoms. The Kier molecular flexibility index (Phi) is 4.05. The number of hydrogen-bond acceptors (Lipinski definition) is 2. The molecule has 1 aromatic heterocycles. The Bertz CT molecular complexity index is 347. The zero-order valence-electron chi connectivity index (χ0n) is 11.3. The van der Waals surface area contributed by atoms with E-state index in [1.165, 1.54) is 64.3 Å². The van der Waals surface area contributed by atoms with Gasteiger partial charge in [-0.15, -0.1) is 11.3 Å². The van der Waals surface area contributed by atoms with E-state index in [-0.39, 0.29) is 0 Å². The standard InChI is InChI=1S/C16H25NS/c1-2-9-16(8-1,11-12-17-14-5-6-14)10-7-15-4-3-13-18-15/h3-4,13-14,17H,1-2,5-12H2. The van der Waals surface area contributed by atoms with Crippen LogP contribution in [0.5, 0.6) is 0 Å². The molecule has 0 saturated heterocycles. The van der Waals surface area contributed by atoms with Crippen LogP contribution in [-0.2, 0) is 6.42 Å². The van der Waals surface area contributed by atoms with Crippen molar-refractivity contribution in [1.82, 2.24) is 5.32 Å². The molecule has 0 amide bonds.